The Balaban J connectivity index is 1.89. The molecule has 5 heteroatoms. The summed E-state index contributed by atoms with van der Waals surface area (Å²) in [4.78, 5) is 4.28. The Labute approximate surface area is 120 Å². The first-order valence-corrected chi connectivity index (χ1v) is 6.35. The quantitative estimate of drug-likeness (QED) is 0.747. The second kappa shape index (κ2) is 5.36. The third kappa shape index (κ3) is 2.63. The smallest absolute Gasteiger partial charge is 0.167 e. The van der Waals surface area contributed by atoms with E-state index in [2.05, 4.69) is 4.98 Å². The molecule has 0 aliphatic heterocycles. The van der Waals surface area contributed by atoms with Crippen LogP contribution in [-0.4, -0.2) is 4.98 Å². The van der Waals surface area contributed by atoms with Crippen molar-refractivity contribution < 1.29 is 13.5 Å². The van der Waals surface area contributed by atoms with E-state index in [1.807, 2.05) is 30.3 Å². The molecule has 3 nitrogen and oxygen atoms in total. The van der Waals surface area contributed by atoms with Crippen LogP contribution in [0.1, 0.15) is 5.56 Å². The van der Waals surface area contributed by atoms with Gasteiger partial charge in [-0.25, -0.2) is 8.78 Å². The number of nitrogen functional groups attached to an aromatic ring is 1. The fourth-order valence-corrected chi connectivity index (χ4v) is 2.09. The lowest BCUT2D eigenvalue weighted by Crippen LogP contribution is -2.01. The maximum atomic E-state index is 13.7. The second-order valence-corrected chi connectivity index (χ2v) is 4.59. The summed E-state index contributed by atoms with van der Waals surface area (Å²) in [6.07, 6.45) is 1.68. The van der Waals surface area contributed by atoms with Gasteiger partial charge in [0.05, 0.1) is 11.2 Å². The molecule has 0 atom stereocenters. The molecule has 1 heterocycles. The molecule has 0 aliphatic rings. The summed E-state index contributed by atoms with van der Waals surface area (Å²) >= 11 is 0. The van der Waals surface area contributed by atoms with E-state index in [1.54, 1.807) is 6.20 Å². The highest BCUT2D eigenvalue weighted by Crippen LogP contribution is 2.25. The third-order valence-electron chi connectivity index (χ3n) is 3.15. The zero-order valence-electron chi connectivity index (χ0n) is 11.0. The van der Waals surface area contributed by atoms with Crippen LogP contribution in [0, 0.1) is 11.6 Å². The molecule has 0 unspecified atom stereocenters. The number of hydrogen-bond acceptors (Lipinski definition) is 3. The summed E-state index contributed by atoms with van der Waals surface area (Å²) in [5, 5.41) is 0.961. The number of fused-ring (bicyclic) bond motifs is 1. The zero-order valence-corrected chi connectivity index (χ0v) is 11.0. The van der Waals surface area contributed by atoms with Crippen LogP contribution in [0.3, 0.4) is 0 Å². The molecule has 2 N–H and O–H groups in total. The number of aromatic nitrogens is 1. The molecule has 0 spiro atoms. The highest BCUT2D eigenvalue weighted by molar-refractivity contribution is 5.81. The van der Waals surface area contributed by atoms with Crippen molar-refractivity contribution in [3.05, 3.63) is 65.9 Å². The first-order valence-electron chi connectivity index (χ1n) is 6.35. The highest BCUT2D eigenvalue weighted by Gasteiger charge is 2.10. The summed E-state index contributed by atoms with van der Waals surface area (Å²) in [5.74, 6) is -1.57. The van der Waals surface area contributed by atoms with Gasteiger partial charge in [0.1, 0.15) is 12.4 Å². The fraction of sp³-hybridized carbons (Fsp3) is 0.0625. The van der Waals surface area contributed by atoms with Crippen molar-refractivity contribution in [3.63, 3.8) is 0 Å². The summed E-state index contributed by atoms with van der Waals surface area (Å²) in [6.45, 7) is 0.0919. The van der Waals surface area contributed by atoms with Crippen molar-refractivity contribution in [1.29, 1.82) is 0 Å². The van der Waals surface area contributed by atoms with E-state index in [0.29, 0.717) is 0 Å². The number of para-hydroxylation sites is 1. The van der Waals surface area contributed by atoms with Gasteiger partial charge in [-0.3, -0.25) is 4.98 Å². The summed E-state index contributed by atoms with van der Waals surface area (Å²) in [6, 6.07) is 11.2. The molecule has 1 aromatic heterocycles. The molecule has 106 valence electrons. The van der Waals surface area contributed by atoms with E-state index < -0.39 is 11.6 Å². The molecule has 0 bridgehead atoms. The Morgan fingerprint density at radius 2 is 1.86 bits per heavy atom. The van der Waals surface area contributed by atoms with Gasteiger partial charge in [-0.05, 0) is 6.07 Å². The normalized spacial score (nSPS) is 10.8. The van der Waals surface area contributed by atoms with E-state index in [1.165, 1.54) is 0 Å². The fourth-order valence-electron chi connectivity index (χ4n) is 2.09. The van der Waals surface area contributed by atoms with E-state index >= 15 is 0 Å². The van der Waals surface area contributed by atoms with Crippen molar-refractivity contribution in [3.8, 4) is 5.75 Å². The predicted octanol–water partition coefficient (Wildman–Crippen LogP) is 3.67. The van der Waals surface area contributed by atoms with Gasteiger partial charge in [0.15, 0.2) is 11.6 Å². The SMILES string of the molecule is Nc1cc(F)c(OCc2cccc3cccnc23)cc1F. The molecule has 3 rings (SSSR count). The lowest BCUT2D eigenvalue weighted by molar-refractivity contribution is 0.290. The van der Waals surface area contributed by atoms with Crippen LogP contribution in [0.25, 0.3) is 10.9 Å². The van der Waals surface area contributed by atoms with E-state index in [4.69, 9.17) is 10.5 Å². The number of halogens is 2. The van der Waals surface area contributed by atoms with Crippen molar-refractivity contribution in [2.24, 2.45) is 0 Å². The number of hydrogen-bond donors (Lipinski definition) is 1. The van der Waals surface area contributed by atoms with Gasteiger partial charge in [-0.1, -0.05) is 24.3 Å². The highest BCUT2D eigenvalue weighted by atomic mass is 19.1. The van der Waals surface area contributed by atoms with Crippen LogP contribution >= 0.6 is 0 Å². The van der Waals surface area contributed by atoms with Gasteiger partial charge in [-0.2, -0.15) is 0 Å². The van der Waals surface area contributed by atoms with Gasteiger partial charge >= 0.3 is 0 Å². The number of anilines is 1. The van der Waals surface area contributed by atoms with Crippen molar-refractivity contribution in [2.45, 2.75) is 6.61 Å². The van der Waals surface area contributed by atoms with Crippen LogP contribution < -0.4 is 10.5 Å². The molecule has 0 saturated heterocycles. The minimum absolute atomic E-state index is 0.0919. The average molecular weight is 286 g/mol. The van der Waals surface area contributed by atoms with Gasteiger partial charge < -0.3 is 10.5 Å². The van der Waals surface area contributed by atoms with Crippen LogP contribution in [0.4, 0.5) is 14.5 Å². The van der Waals surface area contributed by atoms with Crippen LogP contribution in [-0.2, 0) is 6.61 Å². The minimum atomic E-state index is -0.706. The van der Waals surface area contributed by atoms with Gasteiger partial charge in [0, 0.05) is 29.3 Å². The van der Waals surface area contributed by atoms with Crippen LogP contribution in [0.15, 0.2) is 48.7 Å². The molecule has 0 aliphatic carbocycles. The molecule has 0 radical (unpaired) electrons. The number of ether oxygens (including phenoxy) is 1. The number of benzene rings is 2. The minimum Gasteiger partial charge on any atom is -0.486 e. The van der Waals surface area contributed by atoms with E-state index in [-0.39, 0.29) is 18.0 Å². The maximum absolute atomic E-state index is 13.7. The maximum Gasteiger partial charge on any atom is 0.167 e. The molecule has 0 amide bonds. The standard InChI is InChI=1S/C16H12F2N2O/c17-12-8-15(13(18)7-14(12)19)21-9-11-4-1-3-10-5-2-6-20-16(10)11/h1-8H,9,19H2. The molecular weight excluding hydrogens is 274 g/mol. The zero-order chi connectivity index (χ0) is 14.8. The summed E-state index contributed by atoms with van der Waals surface area (Å²) in [5.41, 5.74) is 6.62. The number of nitrogens with zero attached hydrogens (tertiary/aromatic N) is 1. The average Bonchev–Trinajstić information content (AvgIpc) is 2.49. The van der Waals surface area contributed by atoms with Gasteiger partial charge in [-0.15, -0.1) is 0 Å². The first-order chi connectivity index (χ1) is 10.1. The first kappa shape index (κ1) is 13.3. The van der Waals surface area contributed by atoms with Crippen LogP contribution in [0.5, 0.6) is 5.75 Å². The van der Waals surface area contributed by atoms with Gasteiger partial charge in [0.25, 0.3) is 0 Å². The molecule has 0 fully saturated rings. The lowest BCUT2D eigenvalue weighted by Gasteiger charge is -2.10. The van der Waals surface area contributed by atoms with Crippen molar-refractivity contribution in [2.75, 3.05) is 5.73 Å². The molecular formula is C16H12F2N2O. The molecule has 3 aromatic rings. The van der Waals surface area contributed by atoms with Gasteiger partial charge in [0.2, 0.25) is 0 Å². The molecule has 2 aromatic carbocycles. The molecule has 21 heavy (non-hydrogen) atoms. The van der Waals surface area contributed by atoms with Crippen molar-refractivity contribution in [1.82, 2.24) is 4.98 Å². The predicted molar refractivity (Wildman–Crippen MR) is 76.8 cm³/mol. The Morgan fingerprint density at radius 3 is 2.71 bits per heavy atom. The number of pyridine rings is 1. The number of nitrogens with two attached hydrogens (primary N) is 1. The van der Waals surface area contributed by atoms with Crippen LogP contribution in [0.2, 0.25) is 0 Å². The Hall–Kier alpha value is -2.69. The topological polar surface area (TPSA) is 48.1 Å². The molecule has 0 saturated carbocycles. The van der Waals surface area contributed by atoms with Crippen molar-refractivity contribution >= 4 is 16.6 Å². The summed E-state index contributed by atoms with van der Waals surface area (Å²) < 4.78 is 32.4. The Bertz CT molecular complexity index is 800. The Morgan fingerprint density at radius 1 is 1.05 bits per heavy atom. The summed E-state index contributed by atoms with van der Waals surface area (Å²) in [7, 11) is 0. The Kier molecular flexibility index (Phi) is 3.39. The van der Waals surface area contributed by atoms with E-state index in [9.17, 15) is 8.78 Å². The van der Waals surface area contributed by atoms with E-state index in [0.717, 1.165) is 28.6 Å². The monoisotopic (exact) mass is 286 g/mol. The second-order valence-electron chi connectivity index (χ2n) is 4.59. The third-order valence-corrected chi connectivity index (χ3v) is 3.15. The lowest BCUT2D eigenvalue weighted by atomic mass is 10.1. The largest absolute Gasteiger partial charge is 0.486 e. The number of rotatable bonds is 3.